The van der Waals surface area contributed by atoms with Crippen LogP contribution < -0.4 is 10.2 Å². The molecule has 100 valence electrons. The Morgan fingerprint density at radius 3 is 2.78 bits per heavy atom. The molecule has 0 saturated carbocycles. The summed E-state index contributed by atoms with van der Waals surface area (Å²) < 4.78 is 0. The molecule has 0 radical (unpaired) electrons. The van der Waals surface area contributed by atoms with E-state index in [2.05, 4.69) is 56.1 Å². The van der Waals surface area contributed by atoms with Crippen LogP contribution in [0.3, 0.4) is 0 Å². The molecule has 3 nitrogen and oxygen atoms in total. The van der Waals surface area contributed by atoms with Gasteiger partial charge in [0, 0.05) is 30.9 Å². The molecule has 1 atom stereocenters. The summed E-state index contributed by atoms with van der Waals surface area (Å²) in [4.78, 5) is 2.30. The van der Waals surface area contributed by atoms with E-state index in [1.165, 1.54) is 16.8 Å². The summed E-state index contributed by atoms with van der Waals surface area (Å²) in [5.74, 6) is 0. The number of aliphatic hydroxyl groups excluding tert-OH is 1. The van der Waals surface area contributed by atoms with Gasteiger partial charge in [-0.2, -0.15) is 0 Å². The Morgan fingerprint density at radius 2 is 2.06 bits per heavy atom. The van der Waals surface area contributed by atoms with Crippen LogP contribution in [0.25, 0.3) is 0 Å². The summed E-state index contributed by atoms with van der Waals surface area (Å²) in [6.45, 7) is 10.9. The van der Waals surface area contributed by atoms with Crippen molar-refractivity contribution in [2.45, 2.75) is 39.3 Å². The van der Waals surface area contributed by atoms with Crippen LogP contribution in [0.15, 0.2) is 18.2 Å². The van der Waals surface area contributed by atoms with E-state index in [0.717, 1.165) is 6.54 Å². The van der Waals surface area contributed by atoms with E-state index >= 15 is 0 Å². The summed E-state index contributed by atoms with van der Waals surface area (Å²) in [6, 6.07) is 6.50. The van der Waals surface area contributed by atoms with Gasteiger partial charge in [-0.25, -0.2) is 0 Å². The van der Waals surface area contributed by atoms with Crippen LogP contribution in [-0.4, -0.2) is 36.4 Å². The van der Waals surface area contributed by atoms with Crippen LogP contribution in [0.4, 0.5) is 5.69 Å². The van der Waals surface area contributed by atoms with Gasteiger partial charge in [0.25, 0.3) is 0 Å². The molecule has 0 amide bonds. The average Bonchev–Trinajstić information content (AvgIpc) is 2.41. The van der Waals surface area contributed by atoms with Crippen molar-refractivity contribution in [3.8, 4) is 0 Å². The Kier molecular flexibility index (Phi) is 3.64. The molecule has 3 heteroatoms. The summed E-state index contributed by atoms with van der Waals surface area (Å²) in [6.07, 6.45) is -0.313. The molecule has 0 spiro atoms. The Hall–Kier alpha value is -1.06. The molecule has 2 rings (SSSR count). The summed E-state index contributed by atoms with van der Waals surface area (Å²) >= 11 is 0. The maximum atomic E-state index is 10.0. The fourth-order valence-corrected chi connectivity index (χ4v) is 2.55. The lowest BCUT2D eigenvalue weighted by Gasteiger charge is -2.32. The zero-order valence-corrected chi connectivity index (χ0v) is 11.8. The molecule has 1 aromatic carbocycles. The van der Waals surface area contributed by atoms with Crippen molar-refractivity contribution in [2.75, 3.05) is 24.5 Å². The van der Waals surface area contributed by atoms with Crippen molar-refractivity contribution in [3.63, 3.8) is 0 Å². The minimum absolute atomic E-state index is 0.0215. The van der Waals surface area contributed by atoms with E-state index in [-0.39, 0.29) is 11.6 Å². The molecule has 0 aliphatic carbocycles. The van der Waals surface area contributed by atoms with Crippen molar-refractivity contribution in [1.29, 1.82) is 0 Å². The number of aryl methyl sites for hydroxylation is 2. The number of rotatable bonds is 1. The average molecular weight is 248 g/mol. The molecule has 1 aliphatic heterocycles. The number of hydrogen-bond donors (Lipinski definition) is 2. The minimum Gasteiger partial charge on any atom is -0.390 e. The smallest absolute Gasteiger partial charge is 0.0839 e. The van der Waals surface area contributed by atoms with Crippen molar-refractivity contribution in [3.05, 3.63) is 29.3 Å². The van der Waals surface area contributed by atoms with Crippen molar-refractivity contribution >= 4 is 5.69 Å². The zero-order valence-electron chi connectivity index (χ0n) is 11.8. The minimum atomic E-state index is -0.313. The van der Waals surface area contributed by atoms with E-state index < -0.39 is 0 Å². The van der Waals surface area contributed by atoms with E-state index in [0.29, 0.717) is 13.1 Å². The highest BCUT2D eigenvalue weighted by molar-refractivity contribution is 5.55. The first-order valence-electron chi connectivity index (χ1n) is 6.63. The number of nitrogens with zero attached hydrogens (tertiary/aromatic N) is 1. The first-order chi connectivity index (χ1) is 8.37. The van der Waals surface area contributed by atoms with Gasteiger partial charge in [0.05, 0.1) is 6.10 Å². The van der Waals surface area contributed by atoms with Crippen molar-refractivity contribution in [2.24, 2.45) is 0 Å². The molecule has 0 aromatic heterocycles. The molecule has 1 aromatic rings. The summed E-state index contributed by atoms with van der Waals surface area (Å²) in [5.41, 5.74) is 3.80. The van der Waals surface area contributed by atoms with Crippen LogP contribution in [0.1, 0.15) is 25.0 Å². The van der Waals surface area contributed by atoms with Gasteiger partial charge in [-0.05, 0) is 44.9 Å². The standard InChI is InChI=1S/C15H24N2O/c1-11-5-6-12(2)14(7-11)17-9-13(18)8-16-15(3,4)10-17/h5-7,13,16,18H,8-10H2,1-4H3. The van der Waals surface area contributed by atoms with Crippen LogP contribution in [0, 0.1) is 13.8 Å². The van der Waals surface area contributed by atoms with E-state index in [9.17, 15) is 5.11 Å². The Labute approximate surface area is 110 Å². The lowest BCUT2D eigenvalue weighted by atomic mass is 10.0. The molecule has 1 unspecified atom stereocenters. The van der Waals surface area contributed by atoms with Gasteiger partial charge in [0.2, 0.25) is 0 Å². The maximum absolute atomic E-state index is 10.0. The highest BCUT2D eigenvalue weighted by Crippen LogP contribution is 2.24. The monoisotopic (exact) mass is 248 g/mol. The number of aliphatic hydroxyl groups is 1. The van der Waals surface area contributed by atoms with Crippen LogP contribution in [0.2, 0.25) is 0 Å². The largest absolute Gasteiger partial charge is 0.390 e. The number of benzene rings is 1. The molecule has 0 bridgehead atoms. The van der Waals surface area contributed by atoms with Crippen LogP contribution in [0.5, 0.6) is 0 Å². The fraction of sp³-hybridized carbons (Fsp3) is 0.600. The molecule has 1 saturated heterocycles. The number of nitrogens with one attached hydrogen (secondary N) is 1. The fourth-order valence-electron chi connectivity index (χ4n) is 2.55. The predicted molar refractivity (Wildman–Crippen MR) is 76.2 cm³/mol. The lowest BCUT2D eigenvalue weighted by molar-refractivity contribution is 0.179. The van der Waals surface area contributed by atoms with Crippen molar-refractivity contribution < 1.29 is 5.11 Å². The van der Waals surface area contributed by atoms with Gasteiger partial charge in [0.1, 0.15) is 0 Å². The third-order valence-electron chi connectivity index (χ3n) is 3.54. The summed E-state index contributed by atoms with van der Waals surface area (Å²) in [7, 11) is 0. The zero-order chi connectivity index (χ0) is 13.3. The number of hydrogen-bond acceptors (Lipinski definition) is 3. The molecule has 1 fully saturated rings. The Morgan fingerprint density at radius 1 is 1.33 bits per heavy atom. The van der Waals surface area contributed by atoms with Gasteiger partial charge in [-0.15, -0.1) is 0 Å². The second-order valence-corrected chi connectivity index (χ2v) is 6.09. The highest BCUT2D eigenvalue weighted by atomic mass is 16.3. The van der Waals surface area contributed by atoms with Crippen LogP contribution in [-0.2, 0) is 0 Å². The molecule has 18 heavy (non-hydrogen) atoms. The van der Waals surface area contributed by atoms with E-state index in [1.807, 2.05) is 0 Å². The Bertz CT molecular complexity index is 429. The van der Waals surface area contributed by atoms with E-state index in [1.54, 1.807) is 0 Å². The van der Waals surface area contributed by atoms with Crippen LogP contribution >= 0.6 is 0 Å². The first kappa shape index (κ1) is 13.4. The third kappa shape index (κ3) is 3.03. The predicted octanol–water partition coefficient (Wildman–Crippen LogP) is 1.85. The lowest BCUT2D eigenvalue weighted by Crippen LogP contribution is -2.46. The second-order valence-electron chi connectivity index (χ2n) is 6.09. The maximum Gasteiger partial charge on any atom is 0.0839 e. The summed E-state index contributed by atoms with van der Waals surface area (Å²) in [5, 5.41) is 13.4. The van der Waals surface area contributed by atoms with Crippen molar-refractivity contribution in [1.82, 2.24) is 5.32 Å². The quantitative estimate of drug-likeness (QED) is 0.796. The topological polar surface area (TPSA) is 35.5 Å². The second kappa shape index (κ2) is 4.90. The highest BCUT2D eigenvalue weighted by Gasteiger charge is 2.28. The first-order valence-corrected chi connectivity index (χ1v) is 6.63. The number of β-amino-alcohol motifs (C(OH)–C–C–N with tert-alkyl or cyclic N) is 1. The van der Waals surface area contributed by atoms with Gasteiger partial charge in [-0.1, -0.05) is 12.1 Å². The van der Waals surface area contributed by atoms with Gasteiger partial charge in [0.15, 0.2) is 0 Å². The molecule has 1 aliphatic rings. The van der Waals surface area contributed by atoms with Gasteiger partial charge < -0.3 is 15.3 Å². The van der Waals surface area contributed by atoms with Gasteiger partial charge in [-0.3, -0.25) is 0 Å². The third-order valence-corrected chi connectivity index (χ3v) is 3.54. The number of anilines is 1. The molecule has 2 N–H and O–H groups in total. The normalized spacial score (nSPS) is 23.8. The molecular formula is C15H24N2O. The molecule has 1 heterocycles. The van der Waals surface area contributed by atoms with E-state index in [4.69, 9.17) is 0 Å². The van der Waals surface area contributed by atoms with Gasteiger partial charge >= 0.3 is 0 Å². The Balaban J connectivity index is 2.32. The molecular weight excluding hydrogens is 224 g/mol. The SMILES string of the molecule is Cc1ccc(C)c(N2CC(O)CNC(C)(C)C2)c1.